The lowest BCUT2D eigenvalue weighted by molar-refractivity contribution is -0.116. The van der Waals surface area contributed by atoms with Gasteiger partial charge in [0.25, 0.3) is 5.56 Å². The third kappa shape index (κ3) is 4.08. The van der Waals surface area contributed by atoms with Crippen molar-refractivity contribution in [1.29, 1.82) is 0 Å². The van der Waals surface area contributed by atoms with E-state index in [1.54, 1.807) is 18.2 Å². The molecule has 134 valence electrons. The molecule has 26 heavy (non-hydrogen) atoms. The fraction of sp³-hybridized carbons (Fsp3) is 0.250. The average Bonchev–Trinajstić information content (AvgIpc) is 2.66. The van der Waals surface area contributed by atoms with E-state index < -0.39 is 0 Å². The minimum Gasteiger partial charge on any atom is -0.491 e. The van der Waals surface area contributed by atoms with Gasteiger partial charge in [-0.25, -0.2) is 4.98 Å². The first kappa shape index (κ1) is 17.7. The SMILES string of the molecule is CCCCOc1ccccc1NC(=O)Cn1c(=O)cnc2ccccc21. The predicted molar refractivity (Wildman–Crippen MR) is 101 cm³/mol. The van der Waals surface area contributed by atoms with E-state index in [9.17, 15) is 9.59 Å². The van der Waals surface area contributed by atoms with Crippen LogP contribution in [0.2, 0.25) is 0 Å². The number of carbonyl (C=O) groups excluding carboxylic acids is 1. The zero-order valence-corrected chi connectivity index (χ0v) is 14.6. The van der Waals surface area contributed by atoms with Crippen LogP contribution in [-0.2, 0) is 11.3 Å². The number of fused-ring (bicyclic) bond motifs is 1. The van der Waals surface area contributed by atoms with E-state index in [1.165, 1.54) is 10.8 Å². The average molecular weight is 351 g/mol. The van der Waals surface area contributed by atoms with Gasteiger partial charge < -0.3 is 10.1 Å². The summed E-state index contributed by atoms with van der Waals surface area (Å²) in [6.07, 6.45) is 3.21. The number of hydrogen-bond acceptors (Lipinski definition) is 4. The zero-order chi connectivity index (χ0) is 18.4. The van der Waals surface area contributed by atoms with Crippen molar-refractivity contribution in [3.8, 4) is 5.75 Å². The van der Waals surface area contributed by atoms with Gasteiger partial charge in [0.05, 0.1) is 29.5 Å². The first-order chi connectivity index (χ1) is 12.7. The molecule has 0 aliphatic carbocycles. The van der Waals surface area contributed by atoms with Gasteiger partial charge in [-0.1, -0.05) is 37.6 Å². The van der Waals surface area contributed by atoms with Gasteiger partial charge in [0.1, 0.15) is 12.3 Å². The number of hydrogen-bond donors (Lipinski definition) is 1. The molecule has 0 saturated carbocycles. The molecular formula is C20H21N3O3. The lowest BCUT2D eigenvalue weighted by Crippen LogP contribution is -2.28. The van der Waals surface area contributed by atoms with Crippen LogP contribution in [0.15, 0.2) is 59.5 Å². The summed E-state index contributed by atoms with van der Waals surface area (Å²) in [5.74, 6) is 0.330. The highest BCUT2D eigenvalue weighted by Crippen LogP contribution is 2.24. The molecule has 0 aliphatic rings. The highest BCUT2D eigenvalue weighted by molar-refractivity contribution is 5.92. The van der Waals surface area contributed by atoms with Gasteiger partial charge in [-0.2, -0.15) is 0 Å². The molecule has 0 aliphatic heterocycles. The van der Waals surface area contributed by atoms with E-state index in [0.717, 1.165) is 12.8 Å². The molecule has 0 saturated heterocycles. The monoisotopic (exact) mass is 351 g/mol. The zero-order valence-electron chi connectivity index (χ0n) is 14.6. The minimum absolute atomic E-state index is 0.0921. The number of benzene rings is 2. The molecule has 0 unspecified atom stereocenters. The lowest BCUT2D eigenvalue weighted by Gasteiger charge is -2.13. The summed E-state index contributed by atoms with van der Waals surface area (Å²) >= 11 is 0. The van der Waals surface area contributed by atoms with Crippen LogP contribution in [0, 0.1) is 0 Å². The Morgan fingerprint density at radius 3 is 2.77 bits per heavy atom. The maximum absolute atomic E-state index is 12.5. The van der Waals surface area contributed by atoms with Crippen LogP contribution >= 0.6 is 0 Å². The molecule has 1 aromatic heterocycles. The van der Waals surface area contributed by atoms with Crippen molar-refractivity contribution in [2.75, 3.05) is 11.9 Å². The second-order valence-corrected chi connectivity index (χ2v) is 5.92. The van der Waals surface area contributed by atoms with Crippen LogP contribution in [0.1, 0.15) is 19.8 Å². The number of amides is 1. The van der Waals surface area contributed by atoms with Crippen molar-refractivity contribution in [2.45, 2.75) is 26.3 Å². The molecule has 0 bridgehead atoms. The Hall–Kier alpha value is -3.15. The molecule has 6 heteroatoms. The van der Waals surface area contributed by atoms with Crippen molar-refractivity contribution < 1.29 is 9.53 Å². The summed E-state index contributed by atoms with van der Waals surface area (Å²) in [5, 5.41) is 2.83. The maximum Gasteiger partial charge on any atom is 0.269 e. The number of rotatable bonds is 7. The molecule has 2 aromatic carbocycles. The lowest BCUT2D eigenvalue weighted by atomic mass is 10.2. The molecule has 3 aromatic rings. The standard InChI is InChI=1S/C20H21N3O3/c1-2-3-12-26-18-11-7-5-9-16(18)22-19(24)14-23-17-10-6-4-8-15(17)21-13-20(23)25/h4-11,13H,2-3,12,14H2,1H3,(H,22,24). The summed E-state index contributed by atoms with van der Waals surface area (Å²) in [5.41, 5.74) is 1.58. The van der Waals surface area contributed by atoms with Gasteiger partial charge in [-0.3, -0.25) is 14.2 Å². The van der Waals surface area contributed by atoms with Gasteiger partial charge in [0, 0.05) is 0 Å². The first-order valence-electron chi connectivity index (χ1n) is 8.65. The topological polar surface area (TPSA) is 73.2 Å². The molecular weight excluding hydrogens is 330 g/mol. The van der Waals surface area contributed by atoms with Crippen LogP contribution in [0.5, 0.6) is 5.75 Å². The number of anilines is 1. The van der Waals surface area contributed by atoms with Gasteiger partial charge in [-0.15, -0.1) is 0 Å². The van der Waals surface area contributed by atoms with E-state index in [2.05, 4.69) is 17.2 Å². The number of carbonyl (C=O) groups is 1. The summed E-state index contributed by atoms with van der Waals surface area (Å²) in [6.45, 7) is 2.59. The Labute approximate surface area is 151 Å². The predicted octanol–water partition coefficient (Wildman–Crippen LogP) is 3.21. The Balaban J connectivity index is 1.78. The third-order valence-corrected chi connectivity index (χ3v) is 3.97. The van der Waals surface area contributed by atoms with Crippen LogP contribution in [-0.4, -0.2) is 22.1 Å². The quantitative estimate of drug-likeness (QED) is 0.663. The molecule has 1 amide bonds. The van der Waals surface area contributed by atoms with E-state index in [0.29, 0.717) is 29.1 Å². The fourth-order valence-corrected chi connectivity index (χ4v) is 2.63. The second-order valence-electron chi connectivity index (χ2n) is 5.92. The van der Waals surface area contributed by atoms with Crippen LogP contribution < -0.4 is 15.6 Å². The molecule has 0 atom stereocenters. The van der Waals surface area contributed by atoms with Crippen molar-refractivity contribution in [3.63, 3.8) is 0 Å². The van der Waals surface area contributed by atoms with Crippen molar-refractivity contribution in [3.05, 3.63) is 65.1 Å². The van der Waals surface area contributed by atoms with Crippen LogP contribution in [0.3, 0.4) is 0 Å². The summed E-state index contributed by atoms with van der Waals surface area (Å²) in [4.78, 5) is 28.8. The Kier molecular flexibility index (Phi) is 5.63. The van der Waals surface area contributed by atoms with Gasteiger partial charge in [-0.05, 0) is 30.7 Å². The normalized spacial score (nSPS) is 10.7. The summed E-state index contributed by atoms with van der Waals surface area (Å²) in [7, 11) is 0. The summed E-state index contributed by atoms with van der Waals surface area (Å²) < 4.78 is 7.14. The van der Waals surface area contributed by atoms with Crippen molar-refractivity contribution in [2.24, 2.45) is 0 Å². The van der Waals surface area contributed by atoms with Crippen molar-refractivity contribution in [1.82, 2.24) is 9.55 Å². The molecule has 0 fully saturated rings. The summed E-state index contributed by atoms with van der Waals surface area (Å²) in [6, 6.07) is 14.5. The smallest absolute Gasteiger partial charge is 0.269 e. The number of aromatic nitrogens is 2. The number of nitrogens with zero attached hydrogens (tertiary/aromatic N) is 2. The maximum atomic E-state index is 12.5. The Morgan fingerprint density at radius 1 is 1.15 bits per heavy atom. The first-order valence-corrected chi connectivity index (χ1v) is 8.65. The number of ether oxygens (including phenoxy) is 1. The van der Waals surface area contributed by atoms with Crippen molar-refractivity contribution >= 4 is 22.6 Å². The third-order valence-electron chi connectivity index (χ3n) is 3.97. The van der Waals surface area contributed by atoms with Gasteiger partial charge in [0.15, 0.2) is 0 Å². The van der Waals surface area contributed by atoms with Gasteiger partial charge >= 0.3 is 0 Å². The van der Waals surface area contributed by atoms with E-state index >= 15 is 0 Å². The number of unbranched alkanes of at least 4 members (excludes halogenated alkanes) is 1. The largest absolute Gasteiger partial charge is 0.491 e. The second kappa shape index (κ2) is 8.29. The van der Waals surface area contributed by atoms with Gasteiger partial charge in [0.2, 0.25) is 5.91 Å². The molecule has 0 radical (unpaired) electrons. The Morgan fingerprint density at radius 2 is 1.92 bits per heavy atom. The molecule has 1 N–H and O–H groups in total. The number of nitrogens with one attached hydrogen (secondary N) is 1. The number of para-hydroxylation sites is 4. The van der Waals surface area contributed by atoms with Crippen LogP contribution in [0.25, 0.3) is 11.0 Å². The van der Waals surface area contributed by atoms with E-state index in [1.807, 2.05) is 30.3 Å². The highest BCUT2D eigenvalue weighted by atomic mass is 16.5. The molecule has 3 rings (SSSR count). The van der Waals surface area contributed by atoms with E-state index in [-0.39, 0.29) is 18.0 Å². The molecule has 1 heterocycles. The van der Waals surface area contributed by atoms with Crippen LogP contribution in [0.4, 0.5) is 5.69 Å². The fourth-order valence-electron chi connectivity index (χ4n) is 2.63. The highest BCUT2D eigenvalue weighted by Gasteiger charge is 2.11. The van der Waals surface area contributed by atoms with E-state index in [4.69, 9.17) is 4.74 Å². The molecule has 0 spiro atoms. The Bertz CT molecular complexity index is 966. The minimum atomic E-state index is -0.314. The molecule has 6 nitrogen and oxygen atoms in total.